The zero-order valence-electron chi connectivity index (χ0n) is 19.0. The molecule has 178 valence electrons. The van der Waals surface area contributed by atoms with Gasteiger partial charge in [-0.1, -0.05) is 24.3 Å². The number of ether oxygens (including phenoxy) is 2. The summed E-state index contributed by atoms with van der Waals surface area (Å²) < 4.78 is 40.5. The predicted molar refractivity (Wildman–Crippen MR) is 122 cm³/mol. The van der Waals surface area contributed by atoms with Crippen LogP contribution in [0.5, 0.6) is 11.5 Å². The molecule has 1 unspecified atom stereocenters. The van der Waals surface area contributed by atoms with Gasteiger partial charge in [0.25, 0.3) is 5.91 Å². The first-order valence-corrected chi connectivity index (χ1v) is 10.9. The van der Waals surface area contributed by atoms with E-state index in [-0.39, 0.29) is 18.0 Å². The lowest BCUT2D eigenvalue weighted by Crippen LogP contribution is -2.41. The van der Waals surface area contributed by atoms with Crippen molar-refractivity contribution in [2.75, 3.05) is 20.8 Å². The third-order valence-electron chi connectivity index (χ3n) is 6.11. The lowest BCUT2D eigenvalue weighted by atomic mass is 9.86. The quantitative estimate of drug-likeness (QED) is 0.468. The van der Waals surface area contributed by atoms with Crippen molar-refractivity contribution in [3.8, 4) is 22.9 Å². The molecule has 0 bridgehead atoms. The number of hydrogen-bond donors (Lipinski definition) is 1. The van der Waals surface area contributed by atoms with Crippen molar-refractivity contribution in [1.29, 1.82) is 0 Å². The summed E-state index contributed by atoms with van der Waals surface area (Å²) >= 11 is 0. The van der Waals surface area contributed by atoms with Gasteiger partial charge in [0, 0.05) is 34.9 Å². The molecule has 0 fully saturated rings. The van der Waals surface area contributed by atoms with Gasteiger partial charge in [0.1, 0.15) is 11.5 Å². The van der Waals surface area contributed by atoms with Gasteiger partial charge in [0.05, 0.1) is 20.3 Å². The Morgan fingerprint density at radius 2 is 1.91 bits per heavy atom. The van der Waals surface area contributed by atoms with Crippen LogP contribution in [-0.4, -0.2) is 52.2 Å². The molecule has 0 spiro atoms. The Morgan fingerprint density at radius 3 is 2.66 bits per heavy atom. The van der Waals surface area contributed by atoms with E-state index in [1.54, 1.807) is 37.4 Å². The lowest BCUT2D eigenvalue weighted by molar-refractivity contribution is 0.0689. The molecule has 0 aliphatic carbocycles. The number of fused-ring (bicyclic) bond motifs is 1. The highest BCUT2D eigenvalue weighted by molar-refractivity contribution is 5.96. The Balaban J connectivity index is 1.66. The minimum atomic E-state index is -1.01. The molecule has 1 aliphatic rings. The Bertz CT molecular complexity index is 1380. The van der Waals surface area contributed by atoms with Crippen LogP contribution >= 0.6 is 0 Å². The molecule has 1 aliphatic heterocycles. The summed E-state index contributed by atoms with van der Waals surface area (Å²) in [7, 11) is 3.03. The van der Waals surface area contributed by atoms with Gasteiger partial charge < -0.3 is 14.4 Å². The number of halogens is 2. The highest BCUT2D eigenvalue weighted by atomic mass is 19.2. The van der Waals surface area contributed by atoms with Crippen LogP contribution in [-0.2, 0) is 6.42 Å². The monoisotopic (exact) mass is 477 g/mol. The molecule has 0 radical (unpaired) electrons. The SMILES string of the molecule is COc1cc2c(c(OC)c1)C(c1cccc(F)c1F)N(C(=O)c1cccc(-c3nn[nH]n3)c1)CC2. The van der Waals surface area contributed by atoms with Crippen LogP contribution in [0.25, 0.3) is 11.4 Å². The molecule has 1 N–H and O–H groups in total. The van der Waals surface area contributed by atoms with E-state index in [4.69, 9.17) is 9.47 Å². The van der Waals surface area contributed by atoms with Crippen molar-refractivity contribution in [3.05, 3.63) is 88.5 Å². The topological polar surface area (TPSA) is 93.2 Å². The second kappa shape index (κ2) is 9.13. The standard InChI is InChI=1S/C25H21F2N5O3/c1-34-17-12-14-9-10-32(25(33)16-6-3-5-15(11-16)24-28-30-31-29-24)23(21(14)20(13-17)35-2)18-7-4-8-19(26)22(18)27/h3-8,11-13,23H,9-10H2,1-2H3,(H,28,29,30,31). The summed E-state index contributed by atoms with van der Waals surface area (Å²) in [5.41, 5.74) is 2.41. The minimum absolute atomic E-state index is 0.0390. The van der Waals surface area contributed by atoms with Crippen LogP contribution < -0.4 is 9.47 Å². The smallest absolute Gasteiger partial charge is 0.254 e. The molecule has 10 heteroatoms. The normalized spacial score (nSPS) is 15.0. The first-order valence-electron chi connectivity index (χ1n) is 10.9. The van der Waals surface area contributed by atoms with E-state index in [9.17, 15) is 9.18 Å². The van der Waals surface area contributed by atoms with Crippen molar-refractivity contribution in [2.24, 2.45) is 0 Å². The van der Waals surface area contributed by atoms with Gasteiger partial charge in [-0.25, -0.2) is 8.78 Å². The van der Waals surface area contributed by atoms with E-state index in [0.29, 0.717) is 40.4 Å². The summed E-state index contributed by atoms with van der Waals surface area (Å²) in [6, 6.07) is 13.3. The van der Waals surface area contributed by atoms with Crippen LogP contribution in [0.1, 0.15) is 33.1 Å². The first-order chi connectivity index (χ1) is 17.0. The highest BCUT2D eigenvalue weighted by Gasteiger charge is 2.37. The molecule has 1 aromatic heterocycles. The molecule has 35 heavy (non-hydrogen) atoms. The number of aromatic amines is 1. The van der Waals surface area contributed by atoms with Crippen molar-refractivity contribution in [3.63, 3.8) is 0 Å². The number of H-pyrrole nitrogens is 1. The Labute approximate surface area is 199 Å². The maximum absolute atomic E-state index is 15.1. The van der Waals surface area contributed by atoms with Crippen molar-refractivity contribution in [2.45, 2.75) is 12.5 Å². The van der Waals surface area contributed by atoms with Gasteiger partial charge in [-0.05, 0) is 41.5 Å². The maximum atomic E-state index is 15.1. The van der Waals surface area contributed by atoms with Crippen LogP contribution in [0.3, 0.4) is 0 Å². The van der Waals surface area contributed by atoms with Crippen molar-refractivity contribution >= 4 is 5.91 Å². The van der Waals surface area contributed by atoms with E-state index in [1.807, 2.05) is 6.07 Å². The molecule has 1 amide bonds. The van der Waals surface area contributed by atoms with Crippen molar-refractivity contribution < 1.29 is 23.0 Å². The number of methoxy groups -OCH3 is 2. The molecule has 4 aromatic rings. The highest BCUT2D eigenvalue weighted by Crippen LogP contribution is 2.44. The number of benzene rings is 3. The lowest BCUT2D eigenvalue weighted by Gasteiger charge is -2.39. The number of carbonyl (C=O) groups is 1. The summed E-state index contributed by atoms with van der Waals surface area (Å²) in [5.74, 6) is -1.02. The van der Waals surface area contributed by atoms with E-state index >= 15 is 4.39 Å². The van der Waals surface area contributed by atoms with E-state index in [1.165, 1.54) is 24.1 Å². The molecule has 1 atom stereocenters. The second-order valence-electron chi connectivity index (χ2n) is 8.01. The Morgan fingerprint density at radius 1 is 1.09 bits per heavy atom. The van der Waals surface area contributed by atoms with Gasteiger partial charge >= 0.3 is 0 Å². The number of nitrogens with one attached hydrogen (secondary N) is 1. The average molecular weight is 477 g/mol. The summed E-state index contributed by atoms with van der Waals surface area (Å²) in [6.07, 6.45) is 0.479. The Hall–Kier alpha value is -4.34. The van der Waals surface area contributed by atoms with E-state index < -0.39 is 17.7 Å². The van der Waals surface area contributed by atoms with Crippen LogP contribution in [0.4, 0.5) is 8.78 Å². The molecule has 5 rings (SSSR count). The number of carbonyl (C=O) groups excluding carboxylic acids is 1. The maximum Gasteiger partial charge on any atom is 0.254 e. The largest absolute Gasteiger partial charge is 0.497 e. The molecular weight excluding hydrogens is 456 g/mol. The van der Waals surface area contributed by atoms with E-state index in [2.05, 4.69) is 20.6 Å². The third kappa shape index (κ3) is 3.96. The van der Waals surface area contributed by atoms with Gasteiger partial charge in [0.15, 0.2) is 11.6 Å². The van der Waals surface area contributed by atoms with Crippen LogP contribution in [0.15, 0.2) is 54.6 Å². The van der Waals surface area contributed by atoms with Crippen LogP contribution in [0, 0.1) is 11.6 Å². The number of rotatable bonds is 5. The number of nitrogens with zero attached hydrogens (tertiary/aromatic N) is 4. The number of tetrazole rings is 1. The van der Waals surface area contributed by atoms with Gasteiger partial charge in [0.2, 0.25) is 5.82 Å². The fraction of sp³-hybridized carbons (Fsp3) is 0.200. The van der Waals surface area contributed by atoms with E-state index in [0.717, 1.165) is 11.6 Å². The van der Waals surface area contributed by atoms with Gasteiger partial charge in [-0.15, -0.1) is 10.2 Å². The first kappa shape index (κ1) is 22.5. The van der Waals surface area contributed by atoms with Gasteiger partial charge in [-0.3, -0.25) is 4.79 Å². The summed E-state index contributed by atoms with van der Waals surface area (Å²) in [4.78, 5) is 15.3. The van der Waals surface area contributed by atoms with Crippen LogP contribution in [0.2, 0.25) is 0 Å². The zero-order chi connectivity index (χ0) is 24.5. The zero-order valence-corrected chi connectivity index (χ0v) is 19.0. The molecule has 0 saturated carbocycles. The number of hydrogen-bond acceptors (Lipinski definition) is 6. The predicted octanol–water partition coefficient (Wildman–Crippen LogP) is 3.95. The number of aromatic nitrogens is 4. The molecule has 3 aromatic carbocycles. The third-order valence-corrected chi connectivity index (χ3v) is 6.11. The Kier molecular flexibility index (Phi) is 5.86. The summed E-state index contributed by atoms with van der Waals surface area (Å²) in [6.45, 7) is 0.273. The molecule has 2 heterocycles. The van der Waals surface area contributed by atoms with Crippen molar-refractivity contribution in [1.82, 2.24) is 25.5 Å². The molecule has 0 saturated heterocycles. The fourth-order valence-corrected chi connectivity index (χ4v) is 4.50. The minimum Gasteiger partial charge on any atom is -0.497 e. The van der Waals surface area contributed by atoms with Gasteiger partial charge in [-0.2, -0.15) is 5.21 Å². The average Bonchev–Trinajstić information content (AvgIpc) is 3.44. The molecule has 8 nitrogen and oxygen atoms in total. The summed E-state index contributed by atoms with van der Waals surface area (Å²) in [5, 5.41) is 13.9. The second-order valence-corrected chi connectivity index (χ2v) is 8.01. The fourth-order valence-electron chi connectivity index (χ4n) is 4.50. The molecular formula is C25H21F2N5O3. The number of amides is 1.